The largest absolute Gasteiger partial charge is 0.497 e. The molecule has 0 spiro atoms. The minimum Gasteiger partial charge on any atom is -0.497 e. The molecule has 3 aromatic heterocycles. The lowest BCUT2D eigenvalue weighted by Crippen LogP contribution is -2.22. The molecule has 0 radical (unpaired) electrons. The number of benzene rings is 2. The fraction of sp³-hybridized carbons (Fsp3) is 0.207. The van der Waals surface area contributed by atoms with Gasteiger partial charge < -0.3 is 24.9 Å². The molecule has 9 nitrogen and oxygen atoms in total. The Morgan fingerprint density at radius 3 is 2.50 bits per heavy atom. The summed E-state index contributed by atoms with van der Waals surface area (Å²) in [6.07, 6.45) is 3.52. The Bertz CT molecular complexity index is 1580. The van der Waals surface area contributed by atoms with Crippen LogP contribution in [-0.2, 0) is 4.79 Å². The highest BCUT2D eigenvalue weighted by atomic mass is 16.5. The van der Waals surface area contributed by atoms with Crippen LogP contribution in [0.5, 0.6) is 11.5 Å². The van der Waals surface area contributed by atoms with Crippen molar-refractivity contribution in [1.82, 2.24) is 14.6 Å². The number of ketones is 1. The lowest BCUT2D eigenvalue weighted by molar-refractivity contribution is -0.137. The van der Waals surface area contributed by atoms with Gasteiger partial charge in [0, 0.05) is 52.7 Å². The summed E-state index contributed by atoms with van der Waals surface area (Å²) in [7, 11) is 3.14. The molecule has 3 N–H and O–H groups in total. The van der Waals surface area contributed by atoms with Crippen molar-refractivity contribution in [1.29, 1.82) is 0 Å². The number of methoxy groups -OCH3 is 2. The summed E-state index contributed by atoms with van der Waals surface area (Å²) in [5.74, 6) is -0.0990. The lowest BCUT2D eigenvalue weighted by Gasteiger charge is -2.18. The van der Waals surface area contributed by atoms with E-state index in [1.54, 1.807) is 43.1 Å². The normalized spacial score (nSPS) is 12.8. The molecular formula is C29H28N4O5. The molecule has 5 rings (SSSR count). The first kappa shape index (κ1) is 24.9. The van der Waals surface area contributed by atoms with Gasteiger partial charge in [-0.05, 0) is 41.8 Å². The zero-order valence-electron chi connectivity index (χ0n) is 21.3. The number of hydrogen-bond donors (Lipinski definition) is 3. The van der Waals surface area contributed by atoms with Crippen molar-refractivity contribution in [3.05, 3.63) is 89.9 Å². The predicted octanol–water partition coefficient (Wildman–Crippen LogP) is 5.45. The van der Waals surface area contributed by atoms with E-state index in [-0.39, 0.29) is 18.1 Å². The maximum atomic E-state index is 14.2. The molecule has 0 saturated heterocycles. The molecule has 0 aliphatic heterocycles. The van der Waals surface area contributed by atoms with Gasteiger partial charge in [-0.1, -0.05) is 19.1 Å². The van der Waals surface area contributed by atoms with E-state index in [4.69, 9.17) is 9.47 Å². The van der Waals surface area contributed by atoms with Gasteiger partial charge in [-0.2, -0.15) is 5.10 Å². The van der Waals surface area contributed by atoms with Gasteiger partial charge in [0.25, 0.3) is 0 Å². The second-order valence-electron chi connectivity index (χ2n) is 9.19. The number of aliphatic carboxylic acids is 1. The number of carboxylic acid groups (broad SMARTS) is 1. The van der Waals surface area contributed by atoms with E-state index in [2.05, 4.69) is 15.4 Å². The first-order valence-corrected chi connectivity index (χ1v) is 12.2. The number of nitrogens with zero attached hydrogens (tertiary/aromatic N) is 2. The summed E-state index contributed by atoms with van der Waals surface area (Å²) in [6.45, 7) is 1.86. The molecule has 0 saturated carbocycles. The average molecular weight is 513 g/mol. The Labute approximate surface area is 219 Å². The molecule has 9 heteroatoms. The molecule has 5 aromatic rings. The monoisotopic (exact) mass is 512 g/mol. The molecule has 0 aliphatic carbocycles. The summed E-state index contributed by atoms with van der Waals surface area (Å²) >= 11 is 0. The number of nitrogens with one attached hydrogen (secondary N) is 2. The molecule has 2 atom stereocenters. The van der Waals surface area contributed by atoms with Gasteiger partial charge in [-0.15, -0.1) is 0 Å². The molecular weight excluding hydrogens is 484 g/mol. The predicted molar refractivity (Wildman–Crippen MR) is 144 cm³/mol. The van der Waals surface area contributed by atoms with Crippen molar-refractivity contribution < 1.29 is 24.2 Å². The number of anilines is 1. The zero-order chi connectivity index (χ0) is 26.8. The second-order valence-corrected chi connectivity index (χ2v) is 9.19. The molecule has 0 bridgehead atoms. The summed E-state index contributed by atoms with van der Waals surface area (Å²) < 4.78 is 12.6. The van der Waals surface area contributed by atoms with Crippen LogP contribution in [0.1, 0.15) is 46.9 Å². The topological polar surface area (TPSA) is 118 Å². The van der Waals surface area contributed by atoms with Gasteiger partial charge in [0.1, 0.15) is 17.5 Å². The SMILES string of the molecule is COc1cc(NC(C(=O)c2c[nH]c3ccc(C(C)CC(=O)O)cc23)c2cc3ccccn3n2)cc(OC)c1. The van der Waals surface area contributed by atoms with Crippen molar-refractivity contribution in [2.45, 2.75) is 25.3 Å². The van der Waals surface area contributed by atoms with Crippen LogP contribution in [0.15, 0.2) is 73.1 Å². The van der Waals surface area contributed by atoms with E-state index in [0.717, 1.165) is 22.0 Å². The van der Waals surface area contributed by atoms with Gasteiger partial charge in [-0.3, -0.25) is 9.59 Å². The molecule has 2 unspecified atom stereocenters. The number of aromatic nitrogens is 3. The highest BCUT2D eigenvalue weighted by Gasteiger charge is 2.28. The fourth-order valence-electron chi connectivity index (χ4n) is 4.61. The van der Waals surface area contributed by atoms with Crippen LogP contribution in [0.25, 0.3) is 16.4 Å². The third-order valence-corrected chi connectivity index (χ3v) is 6.63. The van der Waals surface area contributed by atoms with Gasteiger partial charge in [-0.25, -0.2) is 4.52 Å². The Morgan fingerprint density at radius 2 is 1.82 bits per heavy atom. The Morgan fingerprint density at radius 1 is 1.05 bits per heavy atom. The number of rotatable bonds is 10. The summed E-state index contributed by atoms with van der Waals surface area (Å²) in [5.41, 5.74) is 4.16. The van der Waals surface area contributed by atoms with E-state index < -0.39 is 12.0 Å². The number of aromatic amines is 1. The van der Waals surface area contributed by atoms with Crippen molar-refractivity contribution >= 4 is 33.9 Å². The zero-order valence-corrected chi connectivity index (χ0v) is 21.3. The maximum absolute atomic E-state index is 14.2. The van der Waals surface area contributed by atoms with Crippen molar-refractivity contribution in [3.8, 4) is 11.5 Å². The summed E-state index contributed by atoms with van der Waals surface area (Å²) in [4.78, 5) is 28.6. The standard InChI is InChI=1S/C29H28N4O5/c1-17(10-27(34)35)18-7-8-25-23(11-18)24(16-30-25)29(36)28(26-14-20-6-4-5-9-33(20)32-26)31-19-12-21(37-2)15-22(13-19)38-3/h4-9,11-17,28,30-31H,10H2,1-3H3,(H,34,35). The van der Waals surface area contributed by atoms with Crippen LogP contribution in [0, 0.1) is 0 Å². The lowest BCUT2D eigenvalue weighted by atomic mass is 9.94. The third kappa shape index (κ3) is 4.90. The number of H-pyrrole nitrogens is 1. The number of carboxylic acids is 1. The molecule has 0 amide bonds. The Hall–Kier alpha value is -4.79. The minimum absolute atomic E-state index is 0.00229. The first-order valence-electron chi connectivity index (χ1n) is 12.2. The van der Waals surface area contributed by atoms with Crippen molar-refractivity contribution in [2.75, 3.05) is 19.5 Å². The highest BCUT2D eigenvalue weighted by Crippen LogP contribution is 2.33. The van der Waals surface area contributed by atoms with E-state index >= 15 is 0 Å². The number of ether oxygens (including phenoxy) is 2. The Balaban J connectivity index is 1.59. The quantitative estimate of drug-likeness (QED) is 0.213. The number of carbonyl (C=O) groups excluding carboxylic acids is 1. The van der Waals surface area contributed by atoms with Crippen molar-refractivity contribution in [3.63, 3.8) is 0 Å². The van der Waals surface area contributed by atoms with Gasteiger partial charge in [0.2, 0.25) is 0 Å². The van der Waals surface area contributed by atoms with E-state index in [9.17, 15) is 14.7 Å². The number of Topliss-reactive ketones (excluding diaryl/α,β-unsaturated/α-hetero) is 1. The second kappa shape index (κ2) is 10.3. The third-order valence-electron chi connectivity index (χ3n) is 6.63. The Kier molecular flexibility index (Phi) is 6.74. The number of pyridine rings is 1. The number of fused-ring (bicyclic) bond motifs is 2. The van der Waals surface area contributed by atoms with Crippen LogP contribution < -0.4 is 14.8 Å². The summed E-state index contributed by atoms with van der Waals surface area (Å²) in [5, 5.41) is 18.0. The van der Waals surface area contributed by atoms with Crippen LogP contribution in [0.3, 0.4) is 0 Å². The number of carbonyl (C=O) groups is 2. The minimum atomic E-state index is -0.868. The fourth-order valence-corrected chi connectivity index (χ4v) is 4.61. The highest BCUT2D eigenvalue weighted by molar-refractivity contribution is 6.11. The van der Waals surface area contributed by atoms with Gasteiger partial charge >= 0.3 is 5.97 Å². The van der Waals surface area contributed by atoms with Gasteiger partial charge in [0.05, 0.1) is 31.9 Å². The van der Waals surface area contributed by atoms with Crippen LogP contribution in [0.4, 0.5) is 5.69 Å². The van der Waals surface area contributed by atoms with Crippen LogP contribution in [-0.4, -0.2) is 45.7 Å². The van der Waals surface area contributed by atoms with E-state index in [0.29, 0.717) is 28.4 Å². The smallest absolute Gasteiger partial charge is 0.303 e. The summed E-state index contributed by atoms with van der Waals surface area (Å²) in [6, 6.07) is 17.8. The van der Waals surface area contributed by atoms with Crippen LogP contribution >= 0.6 is 0 Å². The van der Waals surface area contributed by atoms with E-state index in [1.807, 2.05) is 55.6 Å². The average Bonchev–Trinajstić information content (AvgIpc) is 3.54. The molecule has 0 fully saturated rings. The van der Waals surface area contributed by atoms with Crippen molar-refractivity contribution in [2.24, 2.45) is 0 Å². The molecule has 3 heterocycles. The molecule has 2 aromatic carbocycles. The maximum Gasteiger partial charge on any atom is 0.303 e. The molecule has 38 heavy (non-hydrogen) atoms. The van der Waals surface area contributed by atoms with E-state index in [1.165, 1.54) is 0 Å². The first-order chi connectivity index (χ1) is 18.4. The number of hydrogen-bond acceptors (Lipinski definition) is 6. The molecule has 194 valence electrons. The van der Waals surface area contributed by atoms with Gasteiger partial charge in [0.15, 0.2) is 5.78 Å². The molecule has 0 aliphatic rings. The van der Waals surface area contributed by atoms with Crippen LogP contribution in [0.2, 0.25) is 0 Å².